The Morgan fingerprint density at radius 1 is 0.947 bits per heavy atom. The van der Waals surface area contributed by atoms with Gasteiger partial charge in [0.1, 0.15) is 6.61 Å². The first kappa shape index (κ1) is 25.0. The second-order valence-corrected chi connectivity index (χ2v) is 8.85. The Bertz CT molecular complexity index is 1610. The Morgan fingerprint density at radius 3 is 2.42 bits per heavy atom. The molecule has 5 rings (SSSR count). The first-order chi connectivity index (χ1) is 18.6. The average molecular weight is 522 g/mol. The Hall–Kier alpha value is -4.68. The van der Waals surface area contributed by atoms with E-state index in [4.69, 9.17) is 26.1 Å². The van der Waals surface area contributed by atoms with Crippen LogP contribution in [0.2, 0.25) is 5.02 Å². The van der Waals surface area contributed by atoms with E-state index < -0.39 is 0 Å². The number of carbonyl (C=O) groups excluding carboxylic acids is 1. The summed E-state index contributed by atoms with van der Waals surface area (Å²) in [7, 11) is 1.54. The number of amides is 1. The van der Waals surface area contributed by atoms with Gasteiger partial charge in [0.25, 0.3) is 5.91 Å². The summed E-state index contributed by atoms with van der Waals surface area (Å²) in [5.41, 5.74) is 7.12. The second kappa shape index (κ2) is 11.6. The first-order valence-electron chi connectivity index (χ1n) is 12.0. The van der Waals surface area contributed by atoms with Gasteiger partial charge in [0.05, 0.1) is 35.1 Å². The molecule has 188 valence electrons. The predicted molar refractivity (Wildman–Crippen MR) is 151 cm³/mol. The van der Waals surface area contributed by atoms with Crippen molar-refractivity contribution in [1.82, 2.24) is 10.4 Å². The number of para-hydroxylation sites is 1. The van der Waals surface area contributed by atoms with Crippen molar-refractivity contribution in [2.75, 3.05) is 7.11 Å². The number of nitrogens with zero attached hydrogens (tertiary/aromatic N) is 2. The average Bonchev–Trinajstić information content (AvgIpc) is 2.96. The van der Waals surface area contributed by atoms with Gasteiger partial charge in [-0.25, -0.2) is 10.4 Å². The van der Waals surface area contributed by atoms with E-state index >= 15 is 0 Å². The highest BCUT2D eigenvalue weighted by molar-refractivity contribution is 6.32. The molecule has 38 heavy (non-hydrogen) atoms. The van der Waals surface area contributed by atoms with Gasteiger partial charge in [-0.05, 0) is 35.4 Å². The van der Waals surface area contributed by atoms with Crippen LogP contribution in [0.4, 0.5) is 0 Å². The monoisotopic (exact) mass is 521 g/mol. The molecule has 0 aliphatic carbocycles. The molecule has 5 aromatic rings. The van der Waals surface area contributed by atoms with E-state index in [1.165, 1.54) is 6.21 Å². The number of aromatic nitrogens is 1. The van der Waals surface area contributed by atoms with Crippen LogP contribution in [0.1, 0.15) is 21.5 Å². The van der Waals surface area contributed by atoms with Crippen molar-refractivity contribution in [2.45, 2.75) is 6.61 Å². The van der Waals surface area contributed by atoms with Gasteiger partial charge in [-0.2, -0.15) is 5.10 Å². The molecule has 0 saturated carbocycles. The molecule has 0 aliphatic heterocycles. The van der Waals surface area contributed by atoms with E-state index in [0.717, 1.165) is 22.0 Å². The van der Waals surface area contributed by atoms with Crippen molar-refractivity contribution in [2.24, 2.45) is 5.10 Å². The van der Waals surface area contributed by atoms with E-state index in [-0.39, 0.29) is 5.91 Å². The number of rotatable bonds is 8. The van der Waals surface area contributed by atoms with Crippen molar-refractivity contribution >= 4 is 34.6 Å². The minimum atomic E-state index is -0.349. The molecule has 1 amide bonds. The number of nitrogens with one attached hydrogen (secondary N) is 1. The van der Waals surface area contributed by atoms with Gasteiger partial charge < -0.3 is 9.47 Å². The maximum Gasteiger partial charge on any atom is 0.272 e. The first-order valence-corrected chi connectivity index (χ1v) is 12.3. The molecule has 0 saturated heterocycles. The van der Waals surface area contributed by atoms with Crippen LogP contribution in [0.15, 0.2) is 108 Å². The summed E-state index contributed by atoms with van der Waals surface area (Å²) in [4.78, 5) is 17.9. The molecular formula is C31H24ClN3O3. The van der Waals surface area contributed by atoms with E-state index in [1.54, 1.807) is 25.3 Å². The summed E-state index contributed by atoms with van der Waals surface area (Å²) >= 11 is 6.50. The molecule has 0 aliphatic rings. The zero-order valence-corrected chi connectivity index (χ0v) is 21.4. The van der Waals surface area contributed by atoms with Crippen LogP contribution in [0.5, 0.6) is 11.5 Å². The van der Waals surface area contributed by atoms with E-state index in [9.17, 15) is 4.79 Å². The number of carbonyl (C=O) groups is 1. The van der Waals surface area contributed by atoms with Crippen molar-refractivity contribution in [1.29, 1.82) is 0 Å². The molecule has 7 heteroatoms. The smallest absolute Gasteiger partial charge is 0.272 e. The fraction of sp³-hybridized carbons (Fsp3) is 0.0645. The van der Waals surface area contributed by atoms with Gasteiger partial charge in [0.15, 0.2) is 11.5 Å². The molecule has 0 unspecified atom stereocenters. The normalized spacial score (nSPS) is 11.0. The summed E-state index contributed by atoms with van der Waals surface area (Å²) in [6.45, 7) is 0.352. The Labute approximate surface area is 225 Å². The van der Waals surface area contributed by atoms with Gasteiger partial charge in [0.2, 0.25) is 0 Å². The highest BCUT2D eigenvalue weighted by Crippen LogP contribution is 2.36. The number of fused-ring (bicyclic) bond motifs is 1. The summed E-state index contributed by atoms with van der Waals surface area (Å²) in [5, 5.41) is 5.28. The molecule has 4 aromatic carbocycles. The van der Waals surface area contributed by atoms with Crippen molar-refractivity contribution < 1.29 is 14.3 Å². The summed E-state index contributed by atoms with van der Waals surface area (Å²) in [6, 6.07) is 32.3. The summed E-state index contributed by atoms with van der Waals surface area (Å²) in [6.07, 6.45) is 1.51. The third kappa shape index (κ3) is 5.66. The molecular weight excluding hydrogens is 498 g/mol. The number of benzene rings is 4. The lowest BCUT2D eigenvalue weighted by atomic mass is 10.0. The maximum absolute atomic E-state index is 13.2. The molecule has 0 spiro atoms. The zero-order chi connectivity index (χ0) is 26.3. The third-order valence-electron chi connectivity index (χ3n) is 5.89. The molecule has 6 nitrogen and oxygen atoms in total. The Kier molecular flexibility index (Phi) is 7.62. The van der Waals surface area contributed by atoms with Crippen LogP contribution >= 0.6 is 11.6 Å². The fourth-order valence-corrected chi connectivity index (χ4v) is 4.30. The number of methoxy groups -OCH3 is 1. The topological polar surface area (TPSA) is 72.8 Å². The molecule has 0 bridgehead atoms. The lowest BCUT2D eigenvalue weighted by molar-refractivity contribution is 0.0956. The number of hydrogen-bond donors (Lipinski definition) is 1. The molecule has 0 radical (unpaired) electrons. The largest absolute Gasteiger partial charge is 0.493 e. The number of pyridine rings is 1. The Balaban J connectivity index is 1.35. The lowest BCUT2D eigenvalue weighted by Crippen LogP contribution is -2.18. The SMILES string of the molecule is COc1cc(/C=N/NC(=O)c2cc(-c3ccccc3)nc3ccccc23)cc(Cl)c1OCc1ccccc1. The van der Waals surface area contributed by atoms with Gasteiger partial charge in [-0.3, -0.25) is 4.79 Å². The van der Waals surface area contributed by atoms with Crippen LogP contribution in [-0.4, -0.2) is 24.2 Å². The number of hydrazone groups is 1. The molecule has 0 atom stereocenters. The Morgan fingerprint density at radius 2 is 1.66 bits per heavy atom. The molecule has 1 heterocycles. The molecule has 0 fully saturated rings. The quantitative estimate of drug-likeness (QED) is 0.178. The van der Waals surface area contributed by atoms with E-state index in [2.05, 4.69) is 10.5 Å². The minimum Gasteiger partial charge on any atom is -0.493 e. The summed E-state index contributed by atoms with van der Waals surface area (Å²) < 4.78 is 11.4. The number of hydrogen-bond acceptors (Lipinski definition) is 5. The van der Waals surface area contributed by atoms with Crippen molar-refractivity contribution in [3.8, 4) is 22.8 Å². The second-order valence-electron chi connectivity index (χ2n) is 8.45. The van der Waals surface area contributed by atoms with Crippen LogP contribution in [0.25, 0.3) is 22.2 Å². The van der Waals surface area contributed by atoms with Gasteiger partial charge in [-0.15, -0.1) is 0 Å². The summed E-state index contributed by atoms with van der Waals surface area (Å²) in [5.74, 6) is 0.558. The minimum absolute atomic E-state index is 0.349. The fourth-order valence-electron chi connectivity index (χ4n) is 4.03. The van der Waals surface area contributed by atoms with Gasteiger partial charge >= 0.3 is 0 Å². The van der Waals surface area contributed by atoms with Crippen molar-refractivity contribution in [3.05, 3.63) is 125 Å². The van der Waals surface area contributed by atoms with Crippen LogP contribution in [-0.2, 0) is 6.61 Å². The predicted octanol–water partition coefficient (Wildman–Crippen LogP) is 6.91. The number of halogens is 1. The van der Waals surface area contributed by atoms with E-state index in [0.29, 0.717) is 39.9 Å². The highest BCUT2D eigenvalue weighted by Gasteiger charge is 2.14. The van der Waals surface area contributed by atoms with Crippen LogP contribution < -0.4 is 14.9 Å². The maximum atomic E-state index is 13.2. The van der Waals surface area contributed by atoms with E-state index in [1.807, 2.05) is 84.9 Å². The zero-order valence-electron chi connectivity index (χ0n) is 20.6. The highest BCUT2D eigenvalue weighted by atomic mass is 35.5. The van der Waals surface area contributed by atoms with Crippen LogP contribution in [0.3, 0.4) is 0 Å². The van der Waals surface area contributed by atoms with Crippen molar-refractivity contribution in [3.63, 3.8) is 0 Å². The molecule has 1 aromatic heterocycles. The lowest BCUT2D eigenvalue weighted by Gasteiger charge is -2.13. The van der Waals surface area contributed by atoms with Crippen LogP contribution in [0, 0.1) is 0 Å². The number of ether oxygens (including phenoxy) is 2. The van der Waals surface area contributed by atoms with Gasteiger partial charge in [-0.1, -0.05) is 90.5 Å². The standard InChI is InChI=1S/C31H24ClN3O3/c1-37-29-17-22(16-26(32)30(29)38-20-21-10-4-2-5-11-21)19-33-35-31(36)25-18-28(23-12-6-3-7-13-23)34-27-15-9-8-14-24(25)27/h2-19H,20H2,1H3,(H,35,36)/b33-19+. The third-order valence-corrected chi connectivity index (χ3v) is 6.17. The molecule has 1 N–H and O–H groups in total. The van der Waals surface area contributed by atoms with Gasteiger partial charge in [0, 0.05) is 10.9 Å².